The Balaban J connectivity index is 1.68. The van der Waals surface area contributed by atoms with Crippen molar-refractivity contribution in [2.24, 2.45) is 0 Å². The van der Waals surface area contributed by atoms with Crippen molar-refractivity contribution in [3.8, 4) is 5.75 Å². The molecule has 2 bridgehead atoms. The van der Waals surface area contributed by atoms with Crippen molar-refractivity contribution in [1.82, 2.24) is 0 Å². The Bertz CT molecular complexity index is 1170. The Morgan fingerprint density at radius 3 is 1.97 bits per heavy atom. The van der Waals surface area contributed by atoms with Gasteiger partial charge in [-0.3, -0.25) is 0 Å². The second-order valence-corrected chi connectivity index (χ2v) is 8.80. The molecule has 3 aliphatic carbocycles. The standard InChI is InChI=1S/C27H24NO/c1-26(2)25-16-22-20-8-4-6-10-23(20)27(25,24-11-7-5-9-21(22)24)17-28(26)18-12-14-19(29-3)15-13-18/h4-17,22H,1-3H3/q+1. The van der Waals surface area contributed by atoms with Crippen LogP contribution in [-0.4, -0.2) is 23.4 Å². The van der Waals surface area contributed by atoms with E-state index in [1.807, 2.05) is 12.1 Å². The van der Waals surface area contributed by atoms with Crippen LogP contribution in [0.2, 0.25) is 0 Å². The molecule has 0 unspecified atom stereocenters. The molecule has 2 nitrogen and oxygen atoms in total. The SMILES string of the molecule is COc1ccc([N+]2=CC34C(=CC(c5ccccc53)c3ccccc34)C2(C)C)cc1. The van der Waals surface area contributed by atoms with Crippen LogP contribution in [0.25, 0.3) is 0 Å². The van der Waals surface area contributed by atoms with Crippen molar-refractivity contribution in [2.75, 3.05) is 7.11 Å². The summed E-state index contributed by atoms with van der Waals surface area (Å²) in [5.41, 5.74) is 8.12. The summed E-state index contributed by atoms with van der Waals surface area (Å²) in [5.74, 6) is 1.22. The van der Waals surface area contributed by atoms with E-state index < -0.39 is 0 Å². The molecule has 0 radical (unpaired) electrons. The number of rotatable bonds is 2. The first kappa shape index (κ1) is 16.8. The molecule has 7 rings (SSSR count). The highest BCUT2D eigenvalue weighted by Gasteiger charge is 2.62. The smallest absolute Gasteiger partial charge is 0.205 e. The van der Waals surface area contributed by atoms with Gasteiger partial charge in [-0.2, -0.15) is 4.58 Å². The van der Waals surface area contributed by atoms with E-state index >= 15 is 0 Å². The zero-order valence-corrected chi connectivity index (χ0v) is 17.0. The van der Waals surface area contributed by atoms with Crippen LogP contribution in [0, 0.1) is 0 Å². The summed E-state index contributed by atoms with van der Waals surface area (Å²) in [6.45, 7) is 4.69. The van der Waals surface area contributed by atoms with Gasteiger partial charge >= 0.3 is 0 Å². The maximum absolute atomic E-state index is 5.38. The monoisotopic (exact) mass is 378 g/mol. The summed E-state index contributed by atoms with van der Waals surface area (Å²) in [4.78, 5) is 0. The molecular weight excluding hydrogens is 354 g/mol. The Kier molecular flexibility index (Phi) is 3.17. The molecule has 1 aliphatic heterocycles. The lowest BCUT2D eigenvalue weighted by Crippen LogP contribution is -2.43. The van der Waals surface area contributed by atoms with Crippen molar-refractivity contribution in [2.45, 2.75) is 30.7 Å². The van der Waals surface area contributed by atoms with Gasteiger partial charge in [0.2, 0.25) is 5.69 Å². The normalized spacial score (nSPS) is 24.9. The van der Waals surface area contributed by atoms with Crippen molar-refractivity contribution < 1.29 is 9.31 Å². The molecular formula is C27H24NO+. The summed E-state index contributed by atoms with van der Waals surface area (Å²) < 4.78 is 7.84. The fraction of sp³-hybridized carbons (Fsp3) is 0.222. The first-order chi connectivity index (χ1) is 14.1. The Morgan fingerprint density at radius 2 is 1.38 bits per heavy atom. The van der Waals surface area contributed by atoms with E-state index in [1.165, 1.54) is 33.5 Å². The maximum Gasteiger partial charge on any atom is 0.205 e. The molecule has 1 heterocycles. The van der Waals surface area contributed by atoms with E-state index in [0.29, 0.717) is 5.92 Å². The van der Waals surface area contributed by atoms with Crippen LogP contribution in [0.1, 0.15) is 42.0 Å². The van der Waals surface area contributed by atoms with Gasteiger partial charge in [0.1, 0.15) is 11.2 Å². The predicted molar refractivity (Wildman–Crippen MR) is 117 cm³/mol. The zero-order valence-electron chi connectivity index (χ0n) is 17.0. The number of benzene rings is 3. The lowest BCUT2D eigenvalue weighted by molar-refractivity contribution is -0.501. The summed E-state index contributed by atoms with van der Waals surface area (Å²) in [5, 5.41) is 0. The maximum atomic E-state index is 5.38. The molecule has 3 aromatic carbocycles. The third-order valence-electron chi connectivity index (χ3n) is 7.13. The van der Waals surface area contributed by atoms with Crippen LogP contribution >= 0.6 is 0 Å². The number of nitrogens with zero attached hydrogens (tertiary/aromatic N) is 1. The molecule has 142 valence electrons. The van der Waals surface area contributed by atoms with E-state index in [4.69, 9.17) is 4.74 Å². The molecule has 1 spiro atoms. The van der Waals surface area contributed by atoms with Crippen molar-refractivity contribution in [3.05, 3.63) is 107 Å². The Hall–Kier alpha value is -3.13. The fourth-order valence-corrected chi connectivity index (χ4v) is 5.86. The largest absolute Gasteiger partial charge is 0.497 e. The number of ether oxygens (including phenoxy) is 1. The highest BCUT2D eigenvalue weighted by molar-refractivity contribution is 5.91. The van der Waals surface area contributed by atoms with Crippen LogP contribution in [0.5, 0.6) is 5.75 Å². The van der Waals surface area contributed by atoms with Gasteiger partial charge in [-0.05, 0) is 34.4 Å². The fourth-order valence-electron chi connectivity index (χ4n) is 5.86. The van der Waals surface area contributed by atoms with E-state index in [2.05, 4.69) is 91.4 Å². The highest BCUT2D eigenvalue weighted by atomic mass is 16.5. The van der Waals surface area contributed by atoms with Crippen LogP contribution in [0.3, 0.4) is 0 Å². The van der Waals surface area contributed by atoms with Crippen LogP contribution in [0.4, 0.5) is 5.69 Å². The van der Waals surface area contributed by atoms with E-state index in [1.54, 1.807) is 7.11 Å². The van der Waals surface area contributed by atoms with Crippen LogP contribution in [0.15, 0.2) is 84.4 Å². The minimum absolute atomic E-state index is 0.117. The third-order valence-corrected chi connectivity index (χ3v) is 7.13. The average Bonchev–Trinajstić information content (AvgIpc) is 3.02. The van der Waals surface area contributed by atoms with Gasteiger partial charge in [-0.1, -0.05) is 54.6 Å². The van der Waals surface area contributed by atoms with Gasteiger partial charge in [0.05, 0.1) is 7.11 Å². The summed E-state index contributed by atoms with van der Waals surface area (Å²) in [6.07, 6.45) is 5.00. The second kappa shape index (κ2) is 5.48. The topological polar surface area (TPSA) is 12.2 Å². The molecule has 0 aromatic heterocycles. The predicted octanol–water partition coefficient (Wildman–Crippen LogP) is 5.57. The molecule has 0 N–H and O–H groups in total. The highest BCUT2D eigenvalue weighted by Crippen LogP contribution is 2.60. The Labute approximate surface area is 171 Å². The van der Waals surface area contributed by atoms with Gasteiger partial charge < -0.3 is 4.74 Å². The van der Waals surface area contributed by atoms with Crippen LogP contribution in [-0.2, 0) is 5.41 Å². The molecule has 0 saturated carbocycles. The molecule has 0 fully saturated rings. The second-order valence-electron chi connectivity index (χ2n) is 8.80. The Morgan fingerprint density at radius 1 is 0.793 bits per heavy atom. The van der Waals surface area contributed by atoms with E-state index in [9.17, 15) is 0 Å². The lowest BCUT2D eigenvalue weighted by Gasteiger charge is -2.44. The van der Waals surface area contributed by atoms with Gasteiger partial charge in [-0.15, -0.1) is 0 Å². The zero-order chi connectivity index (χ0) is 19.8. The van der Waals surface area contributed by atoms with Crippen molar-refractivity contribution >= 4 is 11.9 Å². The number of hydrogen-bond acceptors (Lipinski definition) is 1. The van der Waals surface area contributed by atoms with Crippen molar-refractivity contribution in [3.63, 3.8) is 0 Å². The van der Waals surface area contributed by atoms with Gasteiger partial charge in [0.25, 0.3) is 0 Å². The van der Waals surface area contributed by atoms with Gasteiger partial charge in [0, 0.05) is 37.5 Å². The first-order valence-electron chi connectivity index (χ1n) is 10.3. The molecule has 3 aromatic rings. The van der Waals surface area contributed by atoms with E-state index in [-0.39, 0.29) is 11.0 Å². The minimum atomic E-state index is -0.203. The quantitative estimate of drug-likeness (QED) is 0.419. The minimum Gasteiger partial charge on any atom is -0.497 e. The summed E-state index contributed by atoms with van der Waals surface area (Å²) in [6, 6.07) is 26.4. The van der Waals surface area contributed by atoms with Gasteiger partial charge in [0.15, 0.2) is 11.8 Å². The van der Waals surface area contributed by atoms with Crippen LogP contribution < -0.4 is 4.74 Å². The summed E-state index contributed by atoms with van der Waals surface area (Å²) in [7, 11) is 1.71. The first-order valence-corrected chi connectivity index (χ1v) is 10.3. The molecule has 0 atom stereocenters. The lowest BCUT2D eigenvalue weighted by atomic mass is 9.54. The van der Waals surface area contributed by atoms with Crippen molar-refractivity contribution in [1.29, 1.82) is 0 Å². The molecule has 0 amide bonds. The average molecular weight is 378 g/mol. The van der Waals surface area contributed by atoms with Gasteiger partial charge in [-0.25, -0.2) is 0 Å². The molecule has 0 saturated heterocycles. The van der Waals surface area contributed by atoms with E-state index in [0.717, 1.165) is 5.75 Å². The molecule has 29 heavy (non-hydrogen) atoms. The number of hydrogen-bond donors (Lipinski definition) is 0. The molecule has 2 heteroatoms. The third kappa shape index (κ3) is 1.94. The number of allylic oxidation sites excluding steroid dienone is 1. The summed E-state index contributed by atoms with van der Waals surface area (Å²) >= 11 is 0. The molecule has 4 aliphatic rings. The number of methoxy groups -OCH3 is 1.